The second-order valence-corrected chi connectivity index (χ2v) is 6.45. The topological polar surface area (TPSA) is 41.1 Å². The van der Waals surface area contributed by atoms with Gasteiger partial charge >= 0.3 is 0 Å². The van der Waals surface area contributed by atoms with Crippen LogP contribution in [0.15, 0.2) is 22.7 Å². The second-order valence-electron chi connectivity index (χ2n) is 5.59. The van der Waals surface area contributed by atoms with Crippen LogP contribution in [-0.2, 0) is 4.79 Å². The standard InChI is InChI=1S/C16H23BrN2O/c1-12-8-9-14(17)15(10-12)18-11-16(20)19-13-6-4-2-3-5-7-13/h8-10,13,18H,2-7,11H2,1H3,(H,19,20). The minimum atomic E-state index is 0.0882. The van der Waals surface area contributed by atoms with Crippen molar-refractivity contribution in [3.63, 3.8) is 0 Å². The number of rotatable bonds is 4. The van der Waals surface area contributed by atoms with E-state index in [4.69, 9.17) is 0 Å². The van der Waals surface area contributed by atoms with Crippen molar-refractivity contribution in [2.45, 2.75) is 51.5 Å². The molecule has 20 heavy (non-hydrogen) atoms. The number of nitrogens with one attached hydrogen (secondary N) is 2. The number of carbonyl (C=O) groups is 1. The highest BCUT2D eigenvalue weighted by molar-refractivity contribution is 9.10. The highest BCUT2D eigenvalue weighted by Gasteiger charge is 2.14. The van der Waals surface area contributed by atoms with E-state index in [9.17, 15) is 4.79 Å². The van der Waals surface area contributed by atoms with Gasteiger partial charge in [-0.1, -0.05) is 31.7 Å². The minimum Gasteiger partial charge on any atom is -0.375 e. The van der Waals surface area contributed by atoms with Crippen LogP contribution < -0.4 is 10.6 Å². The lowest BCUT2D eigenvalue weighted by atomic mass is 10.1. The number of carbonyl (C=O) groups excluding carboxylic acids is 1. The molecule has 0 atom stereocenters. The zero-order chi connectivity index (χ0) is 14.4. The maximum absolute atomic E-state index is 12.0. The lowest BCUT2D eigenvalue weighted by molar-refractivity contribution is -0.120. The average molecular weight is 339 g/mol. The zero-order valence-electron chi connectivity index (χ0n) is 12.0. The number of anilines is 1. The number of hydrogen-bond donors (Lipinski definition) is 2. The highest BCUT2D eigenvalue weighted by Crippen LogP contribution is 2.23. The van der Waals surface area contributed by atoms with Crippen LogP contribution in [0, 0.1) is 6.92 Å². The molecule has 0 aromatic heterocycles. The van der Waals surface area contributed by atoms with Gasteiger partial charge in [0.2, 0.25) is 5.91 Å². The molecule has 1 aliphatic rings. The molecule has 0 bridgehead atoms. The second kappa shape index (κ2) is 7.67. The molecule has 2 N–H and O–H groups in total. The van der Waals surface area contributed by atoms with Crippen LogP contribution in [0.2, 0.25) is 0 Å². The van der Waals surface area contributed by atoms with Gasteiger partial charge in [0, 0.05) is 16.2 Å². The number of benzene rings is 1. The summed E-state index contributed by atoms with van der Waals surface area (Å²) in [6, 6.07) is 6.46. The number of aryl methyl sites for hydroxylation is 1. The summed E-state index contributed by atoms with van der Waals surface area (Å²) in [5.74, 6) is 0.0882. The summed E-state index contributed by atoms with van der Waals surface area (Å²) < 4.78 is 0.991. The van der Waals surface area contributed by atoms with Gasteiger partial charge in [-0.15, -0.1) is 0 Å². The first-order valence-corrected chi connectivity index (χ1v) is 8.24. The van der Waals surface area contributed by atoms with Gasteiger partial charge in [0.05, 0.1) is 6.54 Å². The lowest BCUT2D eigenvalue weighted by Crippen LogP contribution is -2.38. The Labute approximate surface area is 129 Å². The fourth-order valence-electron chi connectivity index (χ4n) is 2.65. The summed E-state index contributed by atoms with van der Waals surface area (Å²) in [7, 11) is 0. The quantitative estimate of drug-likeness (QED) is 0.814. The Morgan fingerprint density at radius 2 is 1.95 bits per heavy atom. The molecule has 4 heteroatoms. The zero-order valence-corrected chi connectivity index (χ0v) is 13.6. The van der Waals surface area contributed by atoms with Gasteiger partial charge in [-0.3, -0.25) is 4.79 Å². The third-order valence-electron chi connectivity index (χ3n) is 3.78. The summed E-state index contributed by atoms with van der Waals surface area (Å²) in [6.45, 7) is 2.38. The molecule has 2 rings (SSSR count). The molecule has 1 saturated carbocycles. The van der Waals surface area contributed by atoms with Crippen LogP contribution in [0.3, 0.4) is 0 Å². The van der Waals surface area contributed by atoms with E-state index in [1.54, 1.807) is 0 Å². The van der Waals surface area contributed by atoms with E-state index in [-0.39, 0.29) is 5.91 Å². The molecule has 0 spiro atoms. The average Bonchev–Trinajstić information content (AvgIpc) is 2.68. The van der Waals surface area contributed by atoms with Crippen molar-refractivity contribution in [2.75, 3.05) is 11.9 Å². The molecular weight excluding hydrogens is 316 g/mol. The van der Waals surface area contributed by atoms with Crippen LogP contribution >= 0.6 is 15.9 Å². The third-order valence-corrected chi connectivity index (χ3v) is 4.47. The van der Waals surface area contributed by atoms with Crippen LogP contribution in [0.25, 0.3) is 0 Å². The summed E-state index contributed by atoms with van der Waals surface area (Å²) >= 11 is 3.50. The molecule has 1 amide bonds. The van der Waals surface area contributed by atoms with Gasteiger partial charge in [-0.25, -0.2) is 0 Å². The molecule has 0 heterocycles. The van der Waals surface area contributed by atoms with Gasteiger partial charge in [0.25, 0.3) is 0 Å². The van der Waals surface area contributed by atoms with Crippen molar-refractivity contribution < 1.29 is 4.79 Å². The van der Waals surface area contributed by atoms with Crippen molar-refractivity contribution in [3.8, 4) is 0 Å². The van der Waals surface area contributed by atoms with E-state index < -0.39 is 0 Å². The maximum atomic E-state index is 12.0. The summed E-state index contributed by atoms with van der Waals surface area (Å²) in [4.78, 5) is 12.0. The van der Waals surface area contributed by atoms with Crippen molar-refractivity contribution in [3.05, 3.63) is 28.2 Å². The fourth-order valence-corrected chi connectivity index (χ4v) is 3.04. The molecule has 1 aliphatic carbocycles. The van der Waals surface area contributed by atoms with Gasteiger partial charge in [-0.2, -0.15) is 0 Å². The minimum absolute atomic E-state index is 0.0882. The number of halogens is 1. The van der Waals surface area contributed by atoms with E-state index in [0.717, 1.165) is 23.0 Å². The Balaban J connectivity index is 1.81. The van der Waals surface area contributed by atoms with Gasteiger partial charge in [0.15, 0.2) is 0 Å². The van der Waals surface area contributed by atoms with E-state index >= 15 is 0 Å². The SMILES string of the molecule is Cc1ccc(Br)c(NCC(=O)NC2CCCCCC2)c1. The fraction of sp³-hybridized carbons (Fsp3) is 0.562. The van der Waals surface area contributed by atoms with Crippen molar-refractivity contribution in [1.29, 1.82) is 0 Å². The third kappa shape index (κ3) is 4.82. The largest absolute Gasteiger partial charge is 0.375 e. The maximum Gasteiger partial charge on any atom is 0.239 e. The number of amides is 1. The highest BCUT2D eigenvalue weighted by atomic mass is 79.9. The van der Waals surface area contributed by atoms with Crippen molar-refractivity contribution >= 4 is 27.5 Å². The Morgan fingerprint density at radius 1 is 1.25 bits per heavy atom. The van der Waals surface area contributed by atoms with Gasteiger partial charge < -0.3 is 10.6 Å². The summed E-state index contributed by atoms with van der Waals surface area (Å²) in [5, 5.41) is 6.35. The first kappa shape index (κ1) is 15.4. The van der Waals surface area contributed by atoms with Crippen LogP contribution in [-0.4, -0.2) is 18.5 Å². The molecule has 0 unspecified atom stereocenters. The molecule has 0 aliphatic heterocycles. The Hall–Kier alpha value is -1.03. The normalized spacial score (nSPS) is 16.5. The molecular formula is C16H23BrN2O. The first-order valence-electron chi connectivity index (χ1n) is 7.44. The molecule has 1 aromatic rings. The summed E-state index contributed by atoms with van der Waals surface area (Å²) in [6.07, 6.45) is 7.34. The Kier molecular flexibility index (Phi) is 5.89. The van der Waals surface area contributed by atoms with Crippen LogP contribution in [0.5, 0.6) is 0 Å². The molecule has 1 fully saturated rings. The van der Waals surface area contributed by atoms with E-state index in [1.165, 1.54) is 31.2 Å². The van der Waals surface area contributed by atoms with Crippen LogP contribution in [0.1, 0.15) is 44.1 Å². The van der Waals surface area contributed by atoms with Crippen molar-refractivity contribution in [1.82, 2.24) is 5.32 Å². The number of hydrogen-bond acceptors (Lipinski definition) is 2. The van der Waals surface area contributed by atoms with E-state index in [2.05, 4.69) is 26.6 Å². The molecule has 1 aromatic carbocycles. The van der Waals surface area contributed by atoms with E-state index in [0.29, 0.717) is 12.6 Å². The predicted octanol–water partition coefficient (Wildman–Crippen LogP) is 4.01. The van der Waals surface area contributed by atoms with Gasteiger partial charge in [0.1, 0.15) is 0 Å². The molecule has 3 nitrogen and oxygen atoms in total. The predicted molar refractivity (Wildman–Crippen MR) is 87.0 cm³/mol. The van der Waals surface area contributed by atoms with E-state index in [1.807, 2.05) is 25.1 Å². The lowest BCUT2D eigenvalue weighted by Gasteiger charge is -2.17. The Bertz CT molecular complexity index is 454. The monoisotopic (exact) mass is 338 g/mol. The molecule has 0 saturated heterocycles. The Morgan fingerprint density at radius 3 is 2.65 bits per heavy atom. The smallest absolute Gasteiger partial charge is 0.239 e. The van der Waals surface area contributed by atoms with Gasteiger partial charge in [-0.05, 0) is 53.4 Å². The first-order chi connectivity index (χ1) is 9.65. The molecule has 0 radical (unpaired) electrons. The van der Waals surface area contributed by atoms with Crippen molar-refractivity contribution in [2.24, 2.45) is 0 Å². The van der Waals surface area contributed by atoms with Crippen LogP contribution in [0.4, 0.5) is 5.69 Å². The summed E-state index contributed by atoms with van der Waals surface area (Å²) in [5.41, 5.74) is 2.15. The molecule has 110 valence electrons.